The van der Waals surface area contributed by atoms with Crippen molar-refractivity contribution in [3.63, 3.8) is 0 Å². The average molecular weight is 316 g/mol. The highest BCUT2D eigenvalue weighted by molar-refractivity contribution is 8.00. The van der Waals surface area contributed by atoms with Gasteiger partial charge in [-0.1, -0.05) is 0 Å². The van der Waals surface area contributed by atoms with Crippen LogP contribution in [0.2, 0.25) is 0 Å². The van der Waals surface area contributed by atoms with Crippen molar-refractivity contribution in [1.82, 2.24) is 5.32 Å². The SMILES string of the molecule is O=C(NCC1CCCS1)Nc1cc(F)c(F)cc1C(=O)O. The molecule has 5 nitrogen and oxygen atoms in total. The lowest BCUT2D eigenvalue weighted by molar-refractivity contribution is 0.0697. The molecule has 0 bridgehead atoms. The number of carbonyl (C=O) groups is 2. The molecule has 0 aliphatic carbocycles. The van der Waals surface area contributed by atoms with E-state index in [9.17, 15) is 18.4 Å². The number of urea groups is 1. The Morgan fingerprint density at radius 1 is 1.33 bits per heavy atom. The van der Waals surface area contributed by atoms with Crippen molar-refractivity contribution in [2.45, 2.75) is 18.1 Å². The molecule has 1 fully saturated rings. The predicted octanol–water partition coefficient (Wildman–Crippen LogP) is 2.68. The topological polar surface area (TPSA) is 78.4 Å². The Hall–Kier alpha value is -1.83. The molecule has 0 radical (unpaired) electrons. The standard InChI is InChI=1S/C13H14F2N2O3S/c14-9-4-8(12(18)19)11(5-10(9)15)17-13(20)16-6-7-2-1-3-21-7/h4-5,7H,1-3,6H2,(H,18,19)(H2,16,17,20). The van der Waals surface area contributed by atoms with Crippen LogP contribution in [0.5, 0.6) is 0 Å². The molecule has 1 unspecified atom stereocenters. The van der Waals surface area contributed by atoms with E-state index >= 15 is 0 Å². The number of thioether (sulfide) groups is 1. The maximum atomic E-state index is 13.2. The van der Waals surface area contributed by atoms with E-state index in [1.807, 2.05) is 0 Å². The highest BCUT2D eigenvalue weighted by Crippen LogP contribution is 2.25. The summed E-state index contributed by atoms with van der Waals surface area (Å²) in [5, 5.41) is 14.1. The van der Waals surface area contributed by atoms with E-state index in [1.54, 1.807) is 11.8 Å². The van der Waals surface area contributed by atoms with Crippen LogP contribution in [-0.2, 0) is 0 Å². The first-order valence-corrected chi connectivity index (χ1v) is 7.41. The fourth-order valence-electron chi connectivity index (χ4n) is 2.01. The zero-order valence-electron chi connectivity index (χ0n) is 11.0. The third-order valence-electron chi connectivity index (χ3n) is 3.05. The molecule has 1 aromatic carbocycles. The van der Waals surface area contributed by atoms with E-state index in [1.165, 1.54) is 0 Å². The van der Waals surface area contributed by atoms with E-state index < -0.39 is 29.2 Å². The van der Waals surface area contributed by atoms with Crippen LogP contribution in [0.15, 0.2) is 12.1 Å². The van der Waals surface area contributed by atoms with Crippen LogP contribution in [0.1, 0.15) is 23.2 Å². The Kier molecular flexibility index (Phi) is 5.00. The zero-order valence-corrected chi connectivity index (χ0v) is 11.8. The van der Waals surface area contributed by atoms with Crippen molar-refractivity contribution in [1.29, 1.82) is 0 Å². The Balaban J connectivity index is 2.02. The Bertz CT molecular complexity index is 563. The van der Waals surface area contributed by atoms with Gasteiger partial charge in [0.1, 0.15) is 0 Å². The molecule has 2 amide bonds. The van der Waals surface area contributed by atoms with Gasteiger partial charge in [-0.15, -0.1) is 0 Å². The average Bonchev–Trinajstić information content (AvgIpc) is 2.93. The molecule has 2 rings (SSSR count). The summed E-state index contributed by atoms with van der Waals surface area (Å²) in [5.41, 5.74) is -0.780. The minimum Gasteiger partial charge on any atom is -0.478 e. The van der Waals surface area contributed by atoms with Crippen LogP contribution < -0.4 is 10.6 Å². The number of carboxylic acids is 1. The van der Waals surface area contributed by atoms with Crippen molar-refractivity contribution in [3.8, 4) is 0 Å². The van der Waals surface area contributed by atoms with Crippen molar-refractivity contribution in [3.05, 3.63) is 29.3 Å². The summed E-state index contributed by atoms with van der Waals surface area (Å²) in [4.78, 5) is 22.7. The lowest BCUT2D eigenvalue weighted by Crippen LogP contribution is -2.34. The Morgan fingerprint density at radius 2 is 2.05 bits per heavy atom. The number of benzene rings is 1. The number of amides is 2. The fraction of sp³-hybridized carbons (Fsp3) is 0.385. The van der Waals surface area contributed by atoms with Crippen LogP contribution in [0, 0.1) is 11.6 Å². The van der Waals surface area contributed by atoms with Crippen LogP contribution in [0.3, 0.4) is 0 Å². The molecule has 1 heterocycles. The number of nitrogens with one attached hydrogen (secondary N) is 2. The summed E-state index contributed by atoms with van der Waals surface area (Å²) >= 11 is 1.76. The van der Waals surface area contributed by atoms with Crippen molar-refractivity contribution in [2.75, 3.05) is 17.6 Å². The summed E-state index contributed by atoms with van der Waals surface area (Å²) in [6, 6.07) is 0.555. The van der Waals surface area contributed by atoms with Gasteiger partial charge in [0.25, 0.3) is 0 Å². The van der Waals surface area contributed by atoms with Crippen LogP contribution in [0.25, 0.3) is 0 Å². The molecular formula is C13H14F2N2O3S. The fourth-order valence-corrected chi connectivity index (χ4v) is 3.21. The number of hydrogen-bond donors (Lipinski definition) is 3. The molecule has 1 aliphatic heterocycles. The Labute approximate surface area is 124 Å². The molecule has 8 heteroatoms. The second-order valence-electron chi connectivity index (χ2n) is 4.59. The highest BCUT2D eigenvalue weighted by atomic mass is 32.2. The van der Waals surface area contributed by atoms with Gasteiger partial charge in [-0.05, 0) is 24.7 Å². The largest absolute Gasteiger partial charge is 0.478 e. The number of carbonyl (C=O) groups excluding carboxylic acids is 1. The summed E-state index contributed by atoms with van der Waals surface area (Å²) in [5.74, 6) is -2.89. The molecule has 1 aliphatic rings. The molecule has 0 aromatic heterocycles. The van der Waals surface area contributed by atoms with E-state index in [-0.39, 0.29) is 5.69 Å². The number of rotatable bonds is 4. The normalized spacial score (nSPS) is 17.5. The molecule has 1 aromatic rings. The number of carboxylic acid groups (broad SMARTS) is 1. The van der Waals surface area contributed by atoms with Gasteiger partial charge in [-0.25, -0.2) is 18.4 Å². The van der Waals surface area contributed by atoms with Gasteiger partial charge in [0.2, 0.25) is 0 Å². The number of anilines is 1. The van der Waals surface area contributed by atoms with Gasteiger partial charge >= 0.3 is 12.0 Å². The monoisotopic (exact) mass is 316 g/mol. The second kappa shape index (κ2) is 6.75. The lowest BCUT2D eigenvalue weighted by atomic mass is 10.1. The quantitative estimate of drug-likeness (QED) is 0.798. The van der Waals surface area contributed by atoms with Crippen molar-refractivity contribution in [2.24, 2.45) is 0 Å². The van der Waals surface area contributed by atoms with Gasteiger partial charge in [-0.2, -0.15) is 11.8 Å². The van der Waals surface area contributed by atoms with Crippen LogP contribution in [0.4, 0.5) is 19.3 Å². The van der Waals surface area contributed by atoms with E-state index in [0.29, 0.717) is 23.9 Å². The molecule has 3 N–H and O–H groups in total. The van der Waals surface area contributed by atoms with Gasteiger partial charge < -0.3 is 15.7 Å². The van der Waals surface area contributed by atoms with Crippen molar-refractivity contribution >= 4 is 29.4 Å². The maximum absolute atomic E-state index is 13.2. The first-order chi connectivity index (χ1) is 9.97. The molecule has 21 heavy (non-hydrogen) atoms. The van der Waals surface area contributed by atoms with Crippen molar-refractivity contribution < 1.29 is 23.5 Å². The van der Waals surface area contributed by atoms with Gasteiger partial charge in [-0.3, -0.25) is 0 Å². The zero-order chi connectivity index (χ0) is 15.4. The van der Waals surface area contributed by atoms with Gasteiger partial charge in [0.05, 0.1) is 11.3 Å². The van der Waals surface area contributed by atoms with Crippen LogP contribution in [-0.4, -0.2) is 34.7 Å². The van der Waals surface area contributed by atoms with Gasteiger partial charge in [0.15, 0.2) is 11.6 Å². The first kappa shape index (κ1) is 15.6. The van der Waals surface area contributed by atoms with E-state index in [0.717, 1.165) is 18.6 Å². The first-order valence-electron chi connectivity index (χ1n) is 6.36. The minimum atomic E-state index is -1.45. The molecule has 114 valence electrons. The smallest absolute Gasteiger partial charge is 0.337 e. The van der Waals surface area contributed by atoms with E-state index in [4.69, 9.17) is 5.11 Å². The number of aromatic carboxylic acids is 1. The Morgan fingerprint density at radius 3 is 2.67 bits per heavy atom. The maximum Gasteiger partial charge on any atom is 0.337 e. The second-order valence-corrected chi connectivity index (χ2v) is 6.00. The molecule has 1 saturated heterocycles. The molecular weight excluding hydrogens is 302 g/mol. The van der Waals surface area contributed by atoms with E-state index in [2.05, 4.69) is 10.6 Å². The third-order valence-corrected chi connectivity index (χ3v) is 4.45. The number of hydrogen-bond acceptors (Lipinski definition) is 3. The molecule has 1 atom stereocenters. The number of halogens is 2. The predicted molar refractivity (Wildman–Crippen MR) is 75.8 cm³/mol. The molecule has 0 spiro atoms. The summed E-state index contributed by atoms with van der Waals surface area (Å²) in [7, 11) is 0. The summed E-state index contributed by atoms with van der Waals surface area (Å²) < 4.78 is 26.2. The molecule has 0 saturated carbocycles. The minimum absolute atomic E-state index is 0.280. The van der Waals surface area contributed by atoms with Gasteiger partial charge in [0, 0.05) is 17.9 Å². The van der Waals surface area contributed by atoms with Crippen LogP contribution >= 0.6 is 11.8 Å². The highest BCUT2D eigenvalue weighted by Gasteiger charge is 2.19. The summed E-state index contributed by atoms with van der Waals surface area (Å²) in [6.45, 7) is 0.447. The summed E-state index contributed by atoms with van der Waals surface area (Å²) in [6.07, 6.45) is 2.11. The lowest BCUT2D eigenvalue weighted by Gasteiger charge is -2.13. The third kappa shape index (κ3) is 4.07.